The van der Waals surface area contributed by atoms with Gasteiger partial charge in [0, 0.05) is 6.07 Å². The summed E-state index contributed by atoms with van der Waals surface area (Å²) >= 11 is 0. The maximum atomic E-state index is 12.2. The van der Waals surface area contributed by atoms with Crippen LogP contribution in [-0.2, 0) is 0 Å². The molecule has 0 bridgehead atoms. The summed E-state index contributed by atoms with van der Waals surface area (Å²) in [6, 6.07) is 17.7. The van der Waals surface area contributed by atoms with Crippen LogP contribution < -0.4 is 5.43 Å². The number of benzene rings is 2. The predicted octanol–water partition coefficient (Wildman–Crippen LogP) is 3.26. The Morgan fingerprint density at radius 3 is 2.65 bits per heavy atom. The van der Waals surface area contributed by atoms with Gasteiger partial charge >= 0.3 is 0 Å². The average molecular weight is 221 g/mol. The molecule has 2 heteroatoms. The van der Waals surface area contributed by atoms with Gasteiger partial charge in [-0.3, -0.25) is 4.79 Å². The van der Waals surface area contributed by atoms with Crippen molar-refractivity contribution >= 4 is 11.0 Å². The van der Waals surface area contributed by atoms with Gasteiger partial charge in [0.1, 0.15) is 11.8 Å². The van der Waals surface area contributed by atoms with Crippen molar-refractivity contribution in [2.45, 2.75) is 0 Å². The minimum absolute atomic E-state index is 0.0192. The maximum Gasteiger partial charge on any atom is 0.200 e. The van der Waals surface area contributed by atoms with Gasteiger partial charge in [-0.25, -0.2) is 0 Å². The highest BCUT2D eigenvalue weighted by Crippen LogP contribution is 2.18. The third-order valence-electron chi connectivity index (χ3n) is 2.69. The molecule has 0 unspecified atom stereocenters. The van der Waals surface area contributed by atoms with E-state index in [1.54, 1.807) is 18.2 Å². The van der Waals surface area contributed by atoms with Gasteiger partial charge < -0.3 is 4.42 Å². The molecule has 3 aromatic rings. The van der Waals surface area contributed by atoms with Gasteiger partial charge in [0.15, 0.2) is 0 Å². The van der Waals surface area contributed by atoms with Crippen LogP contribution in [0.1, 0.15) is 0 Å². The fourth-order valence-corrected chi connectivity index (χ4v) is 1.83. The molecule has 1 radical (unpaired) electrons. The molecule has 0 aliphatic heterocycles. The molecule has 0 N–H and O–H groups in total. The van der Waals surface area contributed by atoms with Crippen LogP contribution >= 0.6 is 0 Å². The summed E-state index contributed by atoms with van der Waals surface area (Å²) in [5.41, 5.74) is 1.93. The first-order valence-electron chi connectivity index (χ1n) is 5.34. The Hall–Kier alpha value is -2.35. The number of fused-ring (bicyclic) bond motifs is 1. The monoisotopic (exact) mass is 221 g/mol. The van der Waals surface area contributed by atoms with Crippen molar-refractivity contribution in [1.29, 1.82) is 0 Å². The van der Waals surface area contributed by atoms with Crippen molar-refractivity contribution in [1.82, 2.24) is 0 Å². The molecule has 0 saturated heterocycles. The van der Waals surface area contributed by atoms with Crippen molar-refractivity contribution in [2.24, 2.45) is 0 Å². The fraction of sp³-hybridized carbons (Fsp3) is 0. The Morgan fingerprint density at radius 2 is 1.82 bits per heavy atom. The first-order chi connectivity index (χ1) is 8.36. The molecule has 0 amide bonds. The van der Waals surface area contributed by atoms with Crippen LogP contribution in [0, 0.1) is 6.07 Å². The van der Waals surface area contributed by atoms with Crippen molar-refractivity contribution < 1.29 is 4.42 Å². The lowest BCUT2D eigenvalue weighted by Crippen LogP contribution is -2.04. The first kappa shape index (κ1) is 9.85. The topological polar surface area (TPSA) is 30.2 Å². The van der Waals surface area contributed by atoms with Gasteiger partial charge in [0.25, 0.3) is 0 Å². The zero-order valence-corrected chi connectivity index (χ0v) is 9.01. The second kappa shape index (κ2) is 3.91. The van der Waals surface area contributed by atoms with Crippen LogP contribution in [0.25, 0.3) is 22.1 Å². The molecule has 0 saturated carbocycles. The lowest BCUT2D eigenvalue weighted by Gasteiger charge is -2.01. The molecule has 17 heavy (non-hydrogen) atoms. The third-order valence-corrected chi connectivity index (χ3v) is 2.69. The van der Waals surface area contributed by atoms with Crippen LogP contribution in [0.5, 0.6) is 0 Å². The van der Waals surface area contributed by atoms with E-state index in [1.165, 1.54) is 6.26 Å². The van der Waals surface area contributed by atoms with E-state index in [1.807, 2.05) is 30.3 Å². The van der Waals surface area contributed by atoms with E-state index in [0.717, 1.165) is 5.56 Å². The maximum absolute atomic E-state index is 12.2. The minimum atomic E-state index is -0.0192. The van der Waals surface area contributed by atoms with Crippen LogP contribution in [0.3, 0.4) is 0 Å². The Balaban J connectivity index is 2.33. The molecule has 2 aromatic carbocycles. The Labute approximate surface area is 98.1 Å². The summed E-state index contributed by atoms with van der Waals surface area (Å²) in [6.07, 6.45) is 1.50. The lowest BCUT2D eigenvalue weighted by atomic mass is 10.1. The molecule has 1 heterocycles. The highest BCUT2D eigenvalue weighted by molar-refractivity contribution is 5.80. The summed E-state index contributed by atoms with van der Waals surface area (Å²) in [6.45, 7) is 0. The van der Waals surface area contributed by atoms with E-state index in [4.69, 9.17) is 4.42 Å². The highest BCUT2D eigenvalue weighted by atomic mass is 16.3. The lowest BCUT2D eigenvalue weighted by molar-refractivity contribution is 0.604. The second-order valence-corrected chi connectivity index (χ2v) is 3.76. The van der Waals surface area contributed by atoms with Crippen molar-refractivity contribution in [3.63, 3.8) is 0 Å². The first-order valence-corrected chi connectivity index (χ1v) is 5.34. The van der Waals surface area contributed by atoms with Crippen LogP contribution in [-0.4, -0.2) is 0 Å². The molecular formula is C15H9O2. The molecule has 0 aliphatic carbocycles. The van der Waals surface area contributed by atoms with Gasteiger partial charge in [0.2, 0.25) is 5.43 Å². The van der Waals surface area contributed by atoms with Crippen LogP contribution in [0.4, 0.5) is 0 Å². The highest BCUT2D eigenvalue weighted by Gasteiger charge is 2.07. The smallest absolute Gasteiger partial charge is 0.200 e. The summed E-state index contributed by atoms with van der Waals surface area (Å²) in [5, 5.41) is 0.564. The summed E-state index contributed by atoms with van der Waals surface area (Å²) in [7, 11) is 0. The summed E-state index contributed by atoms with van der Waals surface area (Å²) in [4.78, 5) is 12.2. The van der Waals surface area contributed by atoms with Gasteiger partial charge in [0.05, 0.1) is 10.9 Å². The predicted molar refractivity (Wildman–Crippen MR) is 66.8 cm³/mol. The minimum Gasteiger partial charge on any atom is -0.463 e. The molecule has 3 rings (SSSR count). The van der Waals surface area contributed by atoms with Crippen LogP contribution in [0.2, 0.25) is 0 Å². The van der Waals surface area contributed by atoms with E-state index < -0.39 is 0 Å². The summed E-state index contributed by atoms with van der Waals surface area (Å²) < 4.78 is 5.42. The number of hydrogen-bond donors (Lipinski definition) is 0. The second-order valence-electron chi connectivity index (χ2n) is 3.76. The van der Waals surface area contributed by atoms with E-state index >= 15 is 0 Å². The van der Waals surface area contributed by atoms with Gasteiger partial charge in [-0.15, -0.1) is 0 Å². The number of hydrogen-bond acceptors (Lipinski definition) is 2. The van der Waals surface area contributed by atoms with Gasteiger partial charge in [-0.2, -0.15) is 0 Å². The quantitative estimate of drug-likeness (QED) is 0.631. The van der Waals surface area contributed by atoms with Crippen molar-refractivity contribution in [3.05, 3.63) is 71.1 Å². The summed E-state index contributed by atoms with van der Waals surface area (Å²) in [5.74, 6) is 0. The molecule has 2 nitrogen and oxygen atoms in total. The number of rotatable bonds is 1. The van der Waals surface area contributed by atoms with Crippen molar-refractivity contribution in [2.75, 3.05) is 0 Å². The molecule has 0 atom stereocenters. The SMILES string of the molecule is O=c1c(-c2ccccc2)coc2[c]cccc12. The molecule has 81 valence electrons. The normalized spacial score (nSPS) is 10.6. The van der Waals surface area contributed by atoms with Gasteiger partial charge in [-0.05, 0) is 11.6 Å². The Kier molecular flexibility index (Phi) is 2.26. The Bertz CT molecular complexity index is 712. The molecule has 0 aliphatic rings. The molecule has 1 aromatic heterocycles. The van der Waals surface area contributed by atoms with Gasteiger partial charge in [-0.1, -0.05) is 42.5 Å². The van der Waals surface area contributed by atoms with Crippen molar-refractivity contribution in [3.8, 4) is 11.1 Å². The van der Waals surface area contributed by atoms with Crippen LogP contribution in [0.15, 0.2) is 64.0 Å². The molecule has 0 spiro atoms. The fourth-order valence-electron chi connectivity index (χ4n) is 1.83. The third kappa shape index (κ3) is 1.64. The number of para-hydroxylation sites is 1. The van der Waals surface area contributed by atoms with E-state index in [9.17, 15) is 4.79 Å². The molecular weight excluding hydrogens is 212 g/mol. The standard InChI is InChI=1S/C15H9O2/c16-15-12-8-4-5-9-14(12)17-10-13(15)11-6-2-1-3-7-11/h1-8,10H. The zero-order chi connectivity index (χ0) is 11.7. The van der Waals surface area contributed by atoms with E-state index in [2.05, 4.69) is 6.07 Å². The van der Waals surface area contributed by atoms with E-state index in [0.29, 0.717) is 16.5 Å². The Morgan fingerprint density at radius 1 is 1.00 bits per heavy atom. The molecule has 0 fully saturated rings. The van der Waals surface area contributed by atoms with E-state index in [-0.39, 0.29) is 5.43 Å². The zero-order valence-electron chi connectivity index (χ0n) is 9.01. The average Bonchev–Trinajstić information content (AvgIpc) is 2.40. The largest absolute Gasteiger partial charge is 0.463 e.